The first-order valence-electron chi connectivity index (χ1n) is 6.45. The number of hydrogen-bond donors (Lipinski definition) is 2. The Balaban J connectivity index is 1.73. The van der Waals surface area contributed by atoms with Crippen LogP contribution in [0.3, 0.4) is 0 Å². The molecule has 2 N–H and O–H groups in total. The van der Waals surface area contributed by atoms with Crippen LogP contribution < -0.4 is 5.32 Å². The lowest BCUT2D eigenvalue weighted by Crippen LogP contribution is -2.18. The highest BCUT2D eigenvalue weighted by Gasteiger charge is 2.22. The van der Waals surface area contributed by atoms with Gasteiger partial charge in [0.05, 0.1) is 4.91 Å². The predicted octanol–water partition coefficient (Wildman–Crippen LogP) is 3.34. The minimum Gasteiger partial charge on any atom is -0.301 e. The lowest BCUT2D eigenvalue weighted by molar-refractivity contribution is -0.115. The maximum absolute atomic E-state index is 11.6. The molecular weight excluding hydrogens is 268 g/mol. The Kier molecular flexibility index (Phi) is 3.56. The quantitative estimate of drug-likeness (QED) is 0.817. The van der Waals surface area contributed by atoms with Gasteiger partial charge in [0.2, 0.25) is 0 Å². The number of benzene rings is 1. The molecule has 1 fully saturated rings. The second kappa shape index (κ2) is 5.51. The predicted molar refractivity (Wildman–Crippen MR) is 82.6 cm³/mol. The third-order valence-corrected chi connectivity index (χ3v) is 4.15. The summed E-state index contributed by atoms with van der Waals surface area (Å²) in [5.41, 5.74) is 2.34. The number of carbonyl (C=O) groups is 1. The Hall–Kier alpha value is -2.07. The van der Waals surface area contributed by atoms with E-state index >= 15 is 0 Å². The molecular formula is C16H14N2OS. The molecule has 1 aromatic carbocycles. The lowest BCUT2D eigenvalue weighted by Gasteiger charge is -2.15. The molecule has 1 heterocycles. The molecule has 3 nitrogen and oxygen atoms in total. The average molecular weight is 282 g/mol. The third kappa shape index (κ3) is 2.75. The summed E-state index contributed by atoms with van der Waals surface area (Å²) in [6.45, 7) is 0. The largest absolute Gasteiger partial charge is 0.301 e. The highest BCUT2D eigenvalue weighted by atomic mass is 32.2. The number of thioether (sulfide) groups is 1. The van der Waals surface area contributed by atoms with Gasteiger partial charge in [0.25, 0.3) is 5.91 Å². The van der Waals surface area contributed by atoms with Gasteiger partial charge in [-0.1, -0.05) is 48.6 Å². The first kappa shape index (κ1) is 12.9. The summed E-state index contributed by atoms with van der Waals surface area (Å²) in [6.07, 6.45) is 9.14. The molecule has 2 aliphatic rings. The van der Waals surface area contributed by atoms with Crippen molar-refractivity contribution in [3.63, 3.8) is 0 Å². The van der Waals surface area contributed by atoms with E-state index in [0.717, 1.165) is 12.0 Å². The van der Waals surface area contributed by atoms with Crippen LogP contribution in [-0.4, -0.2) is 11.1 Å². The van der Waals surface area contributed by atoms with Crippen molar-refractivity contribution < 1.29 is 4.79 Å². The van der Waals surface area contributed by atoms with E-state index in [0.29, 0.717) is 10.8 Å². The monoisotopic (exact) mass is 282 g/mol. The van der Waals surface area contributed by atoms with Crippen molar-refractivity contribution in [1.82, 2.24) is 5.32 Å². The highest BCUT2D eigenvalue weighted by molar-refractivity contribution is 8.18. The van der Waals surface area contributed by atoms with Crippen molar-refractivity contribution in [3.8, 4) is 0 Å². The summed E-state index contributed by atoms with van der Waals surface area (Å²) < 4.78 is 0. The summed E-state index contributed by atoms with van der Waals surface area (Å²) in [5.74, 6) is 0.223. The van der Waals surface area contributed by atoms with Crippen LogP contribution in [0.5, 0.6) is 0 Å². The van der Waals surface area contributed by atoms with Crippen LogP contribution in [0, 0.1) is 5.41 Å². The molecule has 0 radical (unpaired) electrons. The van der Waals surface area contributed by atoms with E-state index in [1.807, 2.05) is 18.2 Å². The fourth-order valence-corrected chi connectivity index (χ4v) is 2.99. The molecule has 0 bridgehead atoms. The standard InChI is InChI=1S/C16H14N2OS/c17-16-18-15(19)14(20-16)10-11-6-8-13(9-7-11)12-4-2-1-3-5-12/h1-8,10,13H,9H2,(H2,17,18,19). The fourth-order valence-electron chi connectivity index (χ4n) is 2.28. The molecule has 1 amide bonds. The molecule has 20 heavy (non-hydrogen) atoms. The Labute approximate surface area is 122 Å². The molecule has 1 atom stereocenters. The average Bonchev–Trinajstić information content (AvgIpc) is 2.79. The van der Waals surface area contributed by atoms with Gasteiger partial charge < -0.3 is 5.32 Å². The van der Waals surface area contributed by atoms with Crippen molar-refractivity contribution in [2.45, 2.75) is 12.3 Å². The van der Waals surface area contributed by atoms with E-state index in [9.17, 15) is 4.79 Å². The van der Waals surface area contributed by atoms with Gasteiger partial charge >= 0.3 is 0 Å². The smallest absolute Gasteiger partial charge is 0.264 e. The maximum atomic E-state index is 11.6. The fraction of sp³-hybridized carbons (Fsp3) is 0.125. The zero-order valence-corrected chi connectivity index (χ0v) is 11.6. The molecule has 100 valence electrons. The van der Waals surface area contributed by atoms with Gasteiger partial charge in [0, 0.05) is 5.92 Å². The van der Waals surface area contributed by atoms with Gasteiger partial charge in [-0.05, 0) is 35.4 Å². The Morgan fingerprint density at radius 1 is 1.30 bits per heavy atom. The molecule has 0 aromatic heterocycles. The van der Waals surface area contributed by atoms with Crippen LogP contribution in [0.2, 0.25) is 0 Å². The summed E-state index contributed by atoms with van der Waals surface area (Å²) in [6, 6.07) is 10.4. The number of amides is 1. The van der Waals surface area contributed by atoms with Crippen molar-refractivity contribution in [3.05, 3.63) is 70.7 Å². The van der Waals surface area contributed by atoms with Gasteiger partial charge in [-0.15, -0.1) is 0 Å². The molecule has 1 aliphatic carbocycles. The summed E-state index contributed by atoms with van der Waals surface area (Å²) in [7, 11) is 0. The summed E-state index contributed by atoms with van der Waals surface area (Å²) >= 11 is 1.17. The zero-order chi connectivity index (χ0) is 13.9. The summed E-state index contributed by atoms with van der Waals surface area (Å²) in [5, 5.41) is 10.1. The Bertz CT molecular complexity index is 644. The van der Waals surface area contributed by atoms with Crippen LogP contribution in [0.4, 0.5) is 0 Å². The minimum absolute atomic E-state index is 0.181. The number of hydrogen-bond acceptors (Lipinski definition) is 3. The normalized spacial score (nSPS) is 23.9. The number of rotatable bonds is 2. The second-order valence-corrected chi connectivity index (χ2v) is 5.76. The van der Waals surface area contributed by atoms with Gasteiger partial charge in [-0.3, -0.25) is 10.2 Å². The molecule has 3 rings (SSSR count). The SMILES string of the molecule is N=C1NC(=O)C(=CC2=CCC(c3ccccc3)C=C2)S1. The van der Waals surface area contributed by atoms with E-state index in [2.05, 4.69) is 41.7 Å². The minimum atomic E-state index is -0.181. The van der Waals surface area contributed by atoms with E-state index in [1.165, 1.54) is 17.3 Å². The number of allylic oxidation sites excluding steroid dienone is 5. The molecule has 1 aliphatic heterocycles. The van der Waals surface area contributed by atoms with Crippen LogP contribution in [0.25, 0.3) is 0 Å². The van der Waals surface area contributed by atoms with Crippen molar-refractivity contribution in [2.24, 2.45) is 0 Å². The van der Waals surface area contributed by atoms with Crippen LogP contribution in [0.15, 0.2) is 65.1 Å². The first-order valence-corrected chi connectivity index (χ1v) is 7.27. The number of nitrogens with one attached hydrogen (secondary N) is 2. The van der Waals surface area contributed by atoms with Gasteiger partial charge in [-0.2, -0.15) is 0 Å². The molecule has 4 heteroatoms. The van der Waals surface area contributed by atoms with Gasteiger partial charge in [0.15, 0.2) is 5.17 Å². The second-order valence-electron chi connectivity index (χ2n) is 4.71. The van der Waals surface area contributed by atoms with E-state index in [4.69, 9.17) is 5.41 Å². The van der Waals surface area contributed by atoms with Crippen LogP contribution in [0.1, 0.15) is 17.9 Å². The zero-order valence-electron chi connectivity index (χ0n) is 10.8. The van der Waals surface area contributed by atoms with E-state index in [1.54, 1.807) is 0 Å². The first-order chi connectivity index (χ1) is 9.72. The molecule has 0 spiro atoms. The lowest BCUT2D eigenvalue weighted by atomic mass is 9.90. The van der Waals surface area contributed by atoms with Gasteiger partial charge in [0.1, 0.15) is 0 Å². The Morgan fingerprint density at radius 3 is 2.70 bits per heavy atom. The Morgan fingerprint density at radius 2 is 2.10 bits per heavy atom. The van der Waals surface area contributed by atoms with Crippen LogP contribution >= 0.6 is 11.8 Å². The maximum Gasteiger partial charge on any atom is 0.264 e. The number of carbonyl (C=O) groups excluding carboxylic acids is 1. The van der Waals surface area contributed by atoms with E-state index in [-0.39, 0.29) is 11.1 Å². The highest BCUT2D eigenvalue weighted by Crippen LogP contribution is 2.29. The molecule has 1 saturated heterocycles. The molecule has 1 aromatic rings. The topological polar surface area (TPSA) is 53.0 Å². The van der Waals surface area contributed by atoms with E-state index < -0.39 is 0 Å². The van der Waals surface area contributed by atoms with Crippen molar-refractivity contribution in [2.75, 3.05) is 0 Å². The summed E-state index contributed by atoms with van der Waals surface area (Å²) in [4.78, 5) is 12.1. The third-order valence-electron chi connectivity index (χ3n) is 3.32. The molecule has 1 unspecified atom stereocenters. The van der Waals surface area contributed by atoms with Crippen molar-refractivity contribution in [1.29, 1.82) is 5.41 Å². The van der Waals surface area contributed by atoms with Crippen LogP contribution in [-0.2, 0) is 4.79 Å². The molecule has 0 saturated carbocycles. The van der Waals surface area contributed by atoms with Gasteiger partial charge in [-0.25, -0.2) is 0 Å². The van der Waals surface area contributed by atoms with Crippen molar-refractivity contribution >= 4 is 22.8 Å². The number of amidine groups is 1.